The van der Waals surface area contributed by atoms with E-state index in [1.807, 2.05) is 0 Å². The van der Waals surface area contributed by atoms with E-state index in [0.29, 0.717) is 17.4 Å². The van der Waals surface area contributed by atoms with Gasteiger partial charge in [0, 0.05) is 22.3 Å². The fourth-order valence-electron chi connectivity index (χ4n) is 1.62. The van der Waals surface area contributed by atoms with Crippen molar-refractivity contribution in [2.24, 2.45) is 0 Å². The molecule has 1 aromatic carbocycles. The maximum Gasteiger partial charge on any atom is 0.228 e. The maximum atomic E-state index is 13.8. The second-order valence-corrected chi connectivity index (χ2v) is 6.03. The van der Waals surface area contributed by atoms with Gasteiger partial charge in [0.25, 0.3) is 0 Å². The number of hydrogen-bond donors (Lipinski definition) is 0. The van der Waals surface area contributed by atoms with E-state index in [4.69, 9.17) is 11.6 Å². The predicted molar refractivity (Wildman–Crippen MR) is 68.8 cm³/mol. The number of carbonyl (C=O) groups excluding carboxylic acids is 1. The van der Waals surface area contributed by atoms with Gasteiger partial charge in [-0.3, -0.25) is 4.79 Å². The first-order chi connectivity index (χ1) is 7.50. The zero-order chi connectivity index (χ0) is 11.9. The highest BCUT2D eigenvalue weighted by molar-refractivity contribution is 9.10. The molecule has 16 heavy (non-hydrogen) atoms. The quantitative estimate of drug-likeness (QED) is 0.544. The summed E-state index contributed by atoms with van der Waals surface area (Å²) in [5.41, 5.74) is 0.236. The fourth-order valence-corrected chi connectivity index (χ4v) is 2.65. The second-order valence-electron chi connectivity index (χ2n) is 3.50. The Morgan fingerprint density at radius 1 is 1.50 bits per heavy atom. The number of carbonyl (C=O) groups is 1. The van der Waals surface area contributed by atoms with Crippen LogP contribution >= 0.6 is 43.5 Å². The first-order valence-electron chi connectivity index (χ1n) is 4.58. The molecule has 2 rings (SSSR count). The summed E-state index contributed by atoms with van der Waals surface area (Å²) in [6.45, 7) is 0.466. The smallest absolute Gasteiger partial charge is 0.228 e. The van der Waals surface area contributed by atoms with Gasteiger partial charge in [0.05, 0.1) is 10.7 Å². The number of benzene rings is 1. The van der Waals surface area contributed by atoms with Crippen LogP contribution in [0.5, 0.6) is 0 Å². The summed E-state index contributed by atoms with van der Waals surface area (Å²) in [4.78, 5) is 13.1. The minimum Gasteiger partial charge on any atom is -0.308 e. The first-order valence-corrected chi connectivity index (χ1v) is 6.67. The molecule has 0 saturated carbocycles. The van der Waals surface area contributed by atoms with Gasteiger partial charge in [-0.1, -0.05) is 27.5 Å². The summed E-state index contributed by atoms with van der Waals surface area (Å²) in [7, 11) is 0. The molecule has 1 unspecified atom stereocenters. The minimum atomic E-state index is -0.564. The van der Waals surface area contributed by atoms with Crippen LogP contribution in [0.3, 0.4) is 0 Å². The molecule has 1 amide bonds. The van der Waals surface area contributed by atoms with Crippen molar-refractivity contribution in [1.82, 2.24) is 0 Å². The lowest BCUT2D eigenvalue weighted by atomic mass is 10.3. The van der Waals surface area contributed by atoms with E-state index in [0.717, 1.165) is 0 Å². The van der Waals surface area contributed by atoms with Crippen molar-refractivity contribution in [3.63, 3.8) is 0 Å². The molecular weight excluding hydrogens is 364 g/mol. The standard InChI is InChI=1S/C10H7Br2ClFNO/c11-5-3-8(16)15(4-5)7-2-1-6(12)9(13)10(7)14/h1-2,5H,3-4H2. The Balaban J connectivity index is 2.42. The van der Waals surface area contributed by atoms with E-state index in [1.165, 1.54) is 4.90 Å². The zero-order valence-corrected chi connectivity index (χ0v) is 11.9. The molecule has 2 nitrogen and oxygen atoms in total. The maximum absolute atomic E-state index is 13.8. The lowest BCUT2D eigenvalue weighted by Crippen LogP contribution is -2.25. The molecule has 0 aliphatic carbocycles. The number of halogens is 4. The molecule has 6 heteroatoms. The zero-order valence-electron chi connectivity index (χ0n) is 8.01. The summed E-state index contributed by atoms with van der Waals surface area (Å²) < 4.78 is 14.3. The van der Waals surface area contributed by atoms with Crippen LogP contribution in [0, 0.1) is 5.82 Å². The molecular formula is C10H7Br2ClFNO. The van der Waals surface area contributed by atoms with Gasteiger partial charge in [0.2, 0.25) is 5.91 Å². The Labute approximate surface area is 114 Å². The van der Waals surface area contributed by atoms with E-state index in [1.54, 1.807) is 12.1 Å². The topological polar surface area (TPSA) is 20.3 Å². The largest absolute Gasteiger partial charge is 0.308 e. The van der Waals surface area contributed by atoms with Crippen LogP contribution in [-0.2, 0) is 4.79 Å². The van der Waals surface area contributed by atoms with Crippen LogP contribution in [0.15, 0.2) is 16.6 Å². The van der Waals surface area contributed by atoms with Crippen LogP contribution in [0.4, 0.5) is 10.1 Å². The number of anilines is 1. The summed E-state index contributed by atoms with van der Waals surface area (Å²) in [6.07, 6.45) is 0.382. The molecule has 0 radical (unpaired) electrons. The predicted octanol–water partition coefficient (Wildman–Crippen LogP) is 3.74. The SMILES string of the molecule is O=C1CC(Br)CN1c1ccc(Br)c(Cl)c1F. The lowest BCUT2D eigenvalue weighted by molar-refractivity contribution is -0.117. The van der Waals surface area contributed by atoms with E-state index in [9.17, 15) is 9.18 Å². The Morgan fingerprint density at radius 2 is 2.19 bits per heavy atom. The summed E-state index contributed by atoms with van der Waals surface area (Å²) >= 11 is 12.3. The molecule has 1 heterocycles. The van der Waals surface area contributed by atoms with Crippen molar-refractivity contribution in [3.05, 3.63) is 27.4 Å². The number of amides is 1. The minimum absolute atomic E-state index is 0.00308. The van der Waals surface area contributed by atoms with Crippen LogP contribution in [0.25, 0.3) is 0 Å². The van der Waals surface area contributed by atoms with Crippen molar-refractivity contribution in [2.75, 3.05) is 11.4 Å². The Morgan fingerprint density at radius 3 is 2.75 bits per heavy atom. The van der Waals surface area contributed by atoms with Crippen LogP contribution in [0.2, 0.25) is 5.02 Å². The lowest BCUT2D eigenvalue weighted by Gasteiger charge is -2.17. The highest BCUT2D eigenvalue weighted by Crippen LogP contribution is 2.34. The number of hydrogen-bond acceptors (Lipinski definition) is 1. The van der Waals surface area contributed by atoms with Gasteiger partial charge in [0.1, 0.15) is 0 Å². The van der Waals surface area contributed by atoms with Crippen molar-refractivity contribution in [1.29, 1.82) is 0 Å². The number of alkyl halides is 1. The van der Waals surface area contributed by atoms with E-state index in [-0.39, 0.29) is 21.4 Å². The number of nitrogens with zero attached hydrogens (tertiary/aromatic N) is 1. The van der Waals surface area contributed by atoms with E-state index < -0.39 is 5.82 Å². The first kappa shape index (κ1) is 12.3. The molecule has 0 aromatic heterocycles. The summed E-state index contributed by atoms with van der Waals surface area (Å²) in [6, 6.07) is 3.18. The van der Waals surface area contributed by atoms with Crippen molar-refractivity contribution in [2.45, 2.75) is 11.2 Å². The highest BCUT2D eigenvalue weighted by atomic mass is 79.9. The molecule has 86 valence electrons. The molecule has 1 aliphatic heterocycles. The molecule has 0 N–H and O–H groups in total. The average molecular weight is 371 g/mol. The number of rotatable bonds is 1. The third-order valence-electron chi connectivity index (χ3n) is 2.38. The van der Waals surface area contributed by atoms with Crippen LogP contribution in [0.1, 0.15) is 6.42 Å². The molecule has 1 aromatic rings. The average Bonchev–Trinajstić information content (AvgIpc) is 2.55. The molecule has 1 saturated heterocycles. The highest BCUT2D eigenvalue weighted by Gasteiger charge is 2.31. The van der Waals surface area contributed by atoms with Gasteiger partial charge in [-0.05, 0) is 28.1 Å². The van der Waals surface area contributed by atoms with Gasteiger partial charge >= 0.3 is 0 Å². The van der Waals surface area contributed by atoms with Gasteiger partial charge in [-0.15, -0.1) is 0 Å². The van der Waals surface area contributed by atoms with Crippen molar-refractivity contribution >= 4 is 55.1 Å². The van der Waals surface area contributed by atoms with Gasteiger partial charge in [-0.25, -0.2) is 4.39 Å². The Kier molecular flexibility index (Phi) is 3.56. The fraction of sp³-hybridized carbons (Fsp3) is 0.300. The van der Waals surface area contributed by atoms with Crippen molar-refractivity contribution in [3.8, 4) is 0 Å². The third kappa shape index (κ3) is 2.13. The molecule has 1 atom stereocenters. The molecule has 1 fully saturated rings. The monoisotopic (exact) mass is 369 g/mol. The molecule has 1 aliphatic rings. The molecule has 0 bridgehead atoms. The summed E-state index contributed by atoms with van der Waals surface area (Å²) in [5, 5.41) is 0.00308. The second kappa shape index (κ2) is 4.63. The van der Waals surface area contributed by atoms with E-state index >= 15 is 0 Å². The normalized spacial score (nSPS) is 20.6. The van der Waals surface area contributed by atoms with Crippen LogP contribution < -0.4 is 4.90 Å². The summed E-state index contributed by atoms with van der Waals surface area (Å²) in [5.74, 6) is -0.662. The van der Waals surface area contributed by atoms with E-state index in [2.05, 4.69) is 31.9 Å². The van der Waals surface area contributed by atoms with Crippen LogP contribution in [-0.4, -0.2) is 17.3 Å². The Bertz CT molecular complexity index is 455. The van der Waals surface area contributed by atoms with Gasteiger partial charge < -0.3 is 4.90 Å². The van der Waals surface area contributed by atoms with Crippen molar-refractivity contribution < 1.29 is 9.18 Å². The van der Waals surface area contributed by atoms with Gasteiger partial charge in [0.15, 0.2) is 5.82 Å². The van der Waals surface area contributed by atoms with Gasteiger partial charge in [-0.2, -0.15) is 0 Å². The Hall–Kier alpha value is -0.130. The molecule has 0 spiro atoms. The third-order valence-corrected chi connectivity index (χ3v) is 4.26.